The third kappa shape index (κ3) is 6.63. The van der Waals surface area contributed by atoms with Crippen molar-refractivity contribution in [1.82, 2.24) is 19.4 Å². The molecule has 2 amide bonds. The predicted molar refractivity (Wildman–Crippen MR) is 175 cm³/mol. The van der Waals surface area contributed by atoms with E-state index in [-0.39, 0.29) is 35.9 Å². The van der Waals surface area contributed by atoms with Gasteiger partial charge in [-0.3, -0.25) is 14.6 Å². The molecule has 1 N–H and O–H groups in total. The average Bonchev–Trinajstić information content (AvgIpc) is 3.40. The third-order valence-corrected chi connectivity index (χ3v) is 10.9. The lowest BCUT2D eigenvalue weighted by molar-refractivity contribution is -0.135. The number of carbonyl (C=O) groups is 3. The number of benzene rings is 1. The fourth-order valence-electron chi connectivity index (χ4n) is 7.27. The Morgan fingerprint density at radius 2 is 1.61 bits per heavy atom. The Morgan fingerprint density at radius 1 is 0.932 bits per heavy atom. The molecule has 2 saturated heterocycles. The van der Waals surface area contributed by atoms with Gasteiger partial charge in [-0.05, 0) is 113 Å². The molecule has 2 fully saturated rings. The van der Waals surface area contributed by atoms with Crippen LogP contribution in [0.15, 0.2) is 51.7 Å². The molecule has 0 radical (unpaired) electrons. The lowest BCUT2D eigenvalue weighted by atomic mass is 9.76. The first-order valence-corrected chi connectivity index (χ1v) is 17.2. The average molecular weight is 747 g/mol. The second-order valence-electron chi connectivity index (χ2n) is 12.2. The molecule has 8 nitrogen and oxygen atoms in total. The minimum atomic E-state index is -1.05. The second-order valence-corrected chi connectivity index (χ2v) is 14.4. The Hall–Kier alpha value is -2.69. The Bertz CT molecular complexity index is 1580. The molecule has 1 atom stereocenters. The number of carboxylic acid groups (broad SMARTS) is 1. The smallest absolute Gasteiger partial charge is 0.352 e. The van der Waals surface area contributed by atoms with E-state index in [4.69, 9.17) is 16.6 Å². The van der Waals surface area contributed by atoms with Crippen molar-refractivity contribution in [2.24, 2.45) is 11.8 Å². The number of aromatic carboxylic acids is 1. The Labute approximate surface area is 279 Å². The first-order chi connectivity index (χ1) is 21.2. The first-order valence-electron chi connectivity index (χ1n) is 15.2. The van der Waals surface area contributed by atoms with Gasteiger partial charge in [0.15, 0.2) is 0 Å². The quantitative estimate of drug-likeness (QED) is 0.309. The van der Waals surface area contributed by atoms with Crippen LogP contribution in [0.2, 0.25) is 5.02 Å². The van der Waals surface area contributed by atoms with Crippen LogP contribution in [0.1, 0.15) is 70.9 Å². The topological polar surface area (TPSA) is 95.7 Å². The van der Waals surface area contributed by atoms with Crippen LogP contribution in [-0.2, 0) is 29.0 Å². The van der Waals surface area contributed by atoms with Crippen molar-refractivity contribution in [3.05, 3.63) is 84.8 Å². The maximum absolute atomic E-state index is 13.4. The normalized spacial score (nSPS) is 19.3. The minimum Gasteiger partial charge on any atom is -0.477 e. The van der Waals surface area contributed by atoms with Crippen LogP contribution in [0.25, 0.3) is 0 Å². The maximum atomic E-state index is 13.4. The molecule has 11 heteroatoms. The highest BCUT2D eigenvalue weighted by atomic mass is 79.9. The van der Waals surface area contributed by atoms with E-state index in [1.165, 1.54) is 27.3 Å². The van der Waals surface area contributed by atoms with Crippen molar-refractivity contribution < 1.29 is 19.5 Å². The van der Waals surface area contributed by atoms with Gasteiger partial charge in [0.1, 0.15) is 12.2 Å². The standard InChI is InChI=1S/C33H35Br2ClN4O4/c34-24-15-23-4-3-22-16-25(36)17-26(35)30(22)31(32(23)37-18-24)21-7-12-38(13-8-21)28(41)14-20-5-10-39(11-6-20)29(42)19-40-9-1-2-27(40)33(43)44/h1-2,9,15-18,20-21,31H,3-8,10-14,19H2,(H,43,44)/t31-/m1/s1. The van der Waals surface area contributed by atoms with Crippen LogP contribution in [0.4, 0.5) is 0 Å². The van der Waals surface area contributed by atoms with Gasteiger partial charge in [-0.15, -0.1) is 0 Å². The largest absolute Gasteiger partial charge is 0.477 e. The van der Waals surface area contributed by atoms with Crippen molar-refractivity contribution >= 4 is 61.2 Å². The molecule has 2 aromatic heterocycles. The maximum Gasteiger partial charge on any atom is 0.352 e. The highest BCUT2D eigenvalue weighted by molar-refractivity contribution is 9.10. The van der Waals surface area contributed by atoms with Crippen molar-refractivity contribution in [2.45, 2.75) is 57.4 Å². The van der Waals surface area contributed by atoms with Crippen LogP contribution < -0.4 is 0 Å². The van der Waals surface area contributed by atoms with E-state index in [0.29, 0.717) is 25.4 Å². The van der Waals surface area contributed by atoms with Gasteiger partial charge in [0, 0.05) is 64.9 Å². The van der Waals surface area contributed by atoms with Crippen LogP contribution in [0.3, 0.4) is 0 Å². The molecule has 0 saturated carbocycles. The lowest BCUT2D eigenvalue weighted by Gasteiger charge is -2.38. The SMILES string of the molecule is O=C(O)c1cccn1CC(=O)N1CCC(CC(=O)N2CCC([C@H]3c4ncc(Br)cc4CCc4cc(Cl)cc(Br)c43)CC2)CC1. The summed E-state index contributed by atoms with van der Waals surface area (Å²) in [7, 11) is 0. The number of pyridine rings is 1. The third-order valence-electron chi connectivity index (χ3n) is 9.57. The zero-order chi connectivity index (χ0) is 31.0. The van der Waals surface area contributed by atoms with E-state index >= 15 is 0 Å². The zero-order valence-corrected chi connectivity index (χ0v) is 28.3. The highest BCUT2D eigenvalue weighted by Gasteiger charge is 2.37. The summed E-state index contributed by atoms with van der Waals surface area (Å²) in [5, 5.41) is 10.0. The fourth-order valence-corrected chi connectivity index (χ4v) is 8.77. The van der Waals surface area contributed by atoms with E-state index in [0.717, 1.165) is 71.3 Å². The number of fused-ring (bicyclic) bond motifs is 2. The highest BCUT2D eigenvalue weighted by Crippen LogP contribution is 2.46. The molecule has 44 heavy (non-hydrogen) atoms. The molecular weight excluding hydrogens is 712 g/mol. The molecule has 1 aliphatic carbocycles. The van der Waals surface area contributed by atoms with Crippen molar-refractivity contribution in [1.29, 1.82) is 0 Å². The molecule has 3 aliphatic rings. The number of hydrogen-bond acceptors (Lipinski definition) is 4. The van der Waals surface area contributed by atoms with Gasteiger partial charge in [-0.25, -0.2) is 4.79 Å². The zero-order valence-electron chi connectivity index (χ0n) is 24.4. The number of nitrogens with zero attached hydrogens (tertiary/aromatic N) is 4. The number of amides is 2. The van der Waals surface area contributed by atoms with Gasteiger partial charge in [0.2, 0.25) is 11.8 Å². The number of hydrogen-bond donors (Lipinski definition) is 1. The Morgan fingerprint density at radius 3 is 2.34 bits per heavy atom. The van der Waals surface area contributed by atoms with Crippen LogP contribution in [0, 0.1) is 11.8 Å². The number of rotatable bonds is 6. The van der Waals surface area contributed by atoms with Gasteiger partial charge in [-0.2, -0.15) is 0 Å². The molecular formula is C33H35Br2ClN4O4. The number of piperidine rings is 2. The summed E-state index contributed by atoms with van der Waals surface area (Å²) in [6.07, 6.45) is 9.21. The molecule has 1 aromatic carbocycles. The molecule has 0 spiro atoms. The molecule has 232 valence electrons. The lowest BCUT2D eigenvalue weighted by Crippen LogP contribution is -2.43. The minimum absolute atomic E-state index is 0.0134. The molecule has 2 aliphatic heterocycles. The molecule has 0 unspecified atom stereocenters. The number of aryl methyl sites for hydroxylation is 2. The Kier molecular flexibility index (Phi) is 9.50. The number of carboxylic acids is 1. The molecule has 0 bridgehead atoms. The fraction of sp³-hybridized carbons (Fsp3) is 0.455. The molecule has 4 heterocycles. The predicted octanol–water partition coefficient (Wildman–Crippen LogP) is 6.56. The van der Waals surface area contributed by atoms with E-state index in [1.807, 2.05) is 17.2 Å². The monoisotopic (exact) mass is 744 g/mol. The molecule has 3 aromatic rings. The van der Waals surface area contributed by atoms with Crippen LogP contribution in [0.5, 0.6) is 0 Å². The van der Waals surface area contributed by atoms with Crippen LogP contribution >= 0.6 is 43.5 Å². The number of halogens is 3. The summed E-state index contributed by atoms with van der Waals surface area (Å²) in [5.41, 5.74) is 5.06. The van der Waals surface area contributed by atoms with Crippen molar-refractivity contribution in [3.8, 4) is 0 Å². The summed E-state index contributed by atoms with van der Waals surface area (Å²) in [6, 6.07) is 9.41. The van der Waals surface area contributed by atoms with Crippen molar-refractivity contribution in [2.75, 3.05) is 26.2 Å². The first kappa shape index (κ1) is 31.3. The van der Waals surface area contributed by atoms with E-state index < -0.39 is 5.97 Å². The summed E-state index contributed by atoms with van der Waals surface area (Å²) in [6.45, 7) is 2.65. The second kappa shape index (κ2) is 13.3. The van der Waals surface area contributed by atoms with Gasteiger partial charge >= 0.3 is 5.97 Å². The Balaban J connectivity index is 1.06. The number of carbonyl (C=O) groups excluding carboxylic acids is 2. The van der Waals surface area contributed by atoms with E-state index in [1.54, 1.807) is 17.2 Å². The van der Waals surface area contributed by atoms with Gasteiger partial charge < -0.3 is 19.5 Å². The summed E-state index contributed by atoms with van der Waals surface area (Å²) < 4.78 is 3.49. The van der Waals surface area contributed by atoms with Gasteiger partial charge in [-0.1, -0.05) is 27.5 Å². The summed E-state index contributed by atoms with van der Waals surface area (Å²) >= 11 is 13.9. The molecule has 6 rings (SSSR count). The summed E-state index contributed by atoms with van der Waals surface area (Å²) in [5.74, 6) is -0.196. The van der Waals surface area contributed by atoms with Crippen LogP contribution in [-0.4, -0.2) is 68.4 Å². The van der Waals surface area contributed by atoms with Crippen molar-refractivity contribution in [3.63, 3.8) is 0 Å². The van der Waals surface area contributed by atoms with Gasteiger partial charge in [0.05, 0.1) is 5.69 Å². The summed E-state index contributed by atoms with van der Waals surface area (Å²) in [4.78, 5) is 46.4. The van der Waals surface area contributed by atoms with Gasteiger partial charge in [0.25, 0.3) is 0 Å². The van der Waals surface area contributed by atoms with E-state index in [9.17, 15) is 19.5 Å². The number of aromatic nitrogens is 2. The van der Waals surface area contributed by atoms with E-state index in [2.05, 4.69) is 44.0 Å². The number of likely N-dealkylation sites (tertiary alicyclic amines) is 2.